The highest BCUT2D eigenvalue weighted by atomic mass is 35.5. The van der Waals surface area contributed by atoms with Gasteiger partial charge < -0.3 is 19.8 Å². The highest BCUT2D eigenvalue weighted by Crippen LogP contribution is 2.37. The van der Waals surface area contributed by atoms with E-state index < -0.39 is 16.1 Å². The van der Waals surface area contributed by atoms with Crippen LogP contribution in [0.2, 0.25) is 4.34 Å². The third-order valence-corrected chi connectivity index (χ3v) is 11.0. The lowest BCUT2D eigenvalue weighted by atomic mass is 10.1. The number of thiophene rings is 2. The third-order valence-electron chi connectivity index (χ3n) is 6.52. The fourth-order valence-electron chi connectivity index (χ4n) is 4.73. The molecule has 2 atom stereocenters. The van der Waals surface area contributed by atoms with Crippen LogP contribution in [-0.4, -0.2) is 98.5 Å². The van der Waals surface area contributed by atoms with Gasteiger partial charge >= 0.3 is 0 Å². The molecule has 0 unspecified atom stereocenters. The molecule has 2 amide bonds. The second-order valence-electron chi connectivity index (χ2n) is 9.17. The maximum Gasteiger partial charge on any atom is 0.250 e. The maximum absolute atomic E-state index is 13.1. The van der Waals surface area contributed by atoms with Crippen molar-refractivity contribution in [2.75, 3.05) is 46.4 Å². The number of piperidine rings is 1. The van der Waals surface area contributed by atoms with Gasteiger partial charge in [-0.2, -0.15) is 4.72 Å². The molecule has 4 rings (SSSR count). The zero-order chi connectivity index (χ0) is 25.9. The standard InChI is InChI=1S/C23H31ClN4O5S3/c1-26(12-13-29)14-16-4-2-11-28(16)21(30)15-27-10-3-5-17(23(27)31)25-36(32,33)22-9-7-19(35-22)18-6-8-20(24)34-18/h6-9,16-17,25,29H,2-5,10-15H2,1H3/t16-,17-/m0/s1. The van der Waals surface area contributed by atoms with Crippen molar-refractivity contribution in [3.05, 3.63) is 28.6 Å². The van der Waals surface area contributed by atoms with Crippen molar-refractivity contribution in [2.24, 2.45) is 0 Å². The lowest BCUT2D eigenvalue weighted by Crippen LogP contribution is -2.55. The van der Waals surface area contributed by atoms with Crippen LogP contribution in [0.15, 0.2) is 28.5 Å². The number of amides is 2. The van der Waals surface area contributed by atoms with E-state index in [0.717, 1.165) is 33.9 Å². The second-order valence-corrected chi connectivity index (χ2v) is 13.9. The number of hydrogen-bond donors (Lipinski definition) is 2. The van der Waals surface area contributed by atoms with Crippen molar-refractivity contribution in [2.45, 2.75) is 42.0 Å². The Bertz CT molecular complexity index is 1180. The van der Waals surface area contributed by atoms with Gasteiger partial charge in [0.15, 0.2) is 0 Å². The molecule has 4 heterocycles. The Hall–Kier alpha value is -1.54. The van der Waals surface area contributed by atoms with Gasteiger partial charge in [-0.15, -0.1) is 22.7 Å². The first-order chi connectivity index (χ1) is 17.2. The first-order valence-electron chi connectivity index (χ1n) is 11.9. The Morgan fingerprint density at radius 3 is 2.61 bits per heavy atom. The molecule has 2 N–H and O–H groups in total. The molecule has 13 heteroatoms. The van der Waals surface area contributed by atoms with Gasteiger partial charge in [-0.3, -0.25) is 9.59 Å². The van der Waals surface area contributed by atoms with Crippen LogP contribution in [0.1, 0.15) is 25.7 Å². The van der Waals surface area contributed by atoms with Gasteiger partial charge in [0, 0.05) is 42.0 Å². The molecule has 0 spiro atoms. The predicted molar refractivity (Wildman–Crippen MR) is 142 cm³/mol. The number of carbonyl (C=O) groups excluding carboxylic acids is 2. The Morgan fingerprint density at radius 2 is 1.89 bits per heavy atom. The van der Waals surface area contributed by atoms with E-state index in [1.165, 1.54) is 22.3 Å². The van der Waals surface area contributed by atoms with E-state index in [4.69, 9.17) is 16.7 Å². The minimum absolute atomic E-state index is 0.0505. The van der Waals surface area contributed by atoms with Crippen molar-refractivity contribution >= 4 is 56.1 Å². The summed E-state index contributed by atoms with van der Waals surface area (Å²) in [5.74, 6) is -0.489. The number of aliphatic hydroxyl groups is 1. The first kappa shape index (κ1) is 27.5. The first-order valence-corrected chi connectivity index (χ1v) is 15.4. The number of aliphatic hydroxyl groups excluding tert-OH is 1. The summed E-state index contributed by atoms with van der Waals surface area (Å²) in [6, 6.07) is 6.03. The van der Waals surface area contributed by atoms with Gasteiger partial charge in [0.2, 0.25) is 11.8 Å². The van der Waals surface area contributed by atoms with E-state index in [2.05, 4.69) is 4.72 Å². The minimum Gasteiger partial charge on any atom is -0.395 e. The van der Waals surface area contributed by atoms with Crippen molar-refractivity contribution in [3.8, 4) is 9.75 Å². The maximum atomic E-state index is 13.1. The molecular weight excluding hydrogens is 544 g/mol. The molecular formula is C23H31ClN4O5S3. The predicted octanol–water partition coefficient (Wildman–Crippen LogP) is 2.31. The van der Waals surface area contributed by atoms with E-state index in [-0.39, 0.29) is 35.2 Å². The Kier molecular flexibility index (Phi) is 9.08. The molecule has 0 aliphatic carbocycles. The van der Waals surface area contributed by atoms with Gasteiger partial charge in [0.05, 0.1) is 17.5 Å². The summed E-state index contributed by atoms with van der Waals surface area (Å²) in [6.45, 7) is 2.28. The third kappa shape index (κ3) is 6.47. The van der Waals surface area contributed by atoms with E-state index in [1.807, 2.05) is 22.9 Å². The van der Waals surface area contributed by atoms with Gasteiger partial charge in [0.1, 0.15) is 10.3 Å². The average Bonchev–Trinajstić information content (AvgIpc) is 3.57. The molecule has 0 bridgehead atoms. The Labute approximate surface area is 224 Å². The normalized spacial score (nSPS) is 21.1. The summed E-state index contributed by atoms with van der Waals surface area (Å²) >= 11 is 8.50. The van der Waals surface area contributed by atoms with Crippen molar-refractivity contribution in [1.29, 1.82) is 0 Å². The molecule has 2 fully saturated rings. The van der Waals surface area contributed by atoms with E-state index >= 15 is 0 Å². The van der Waals surface area contributed by atoms with Gasteiger partial charge in [-0.25, -0.2) is 8.42 Å². The molecule has 0 radical (unpaired) electrons. The topological polar surface area (TPSA) is 110 Å². The second kappa shape index (κ2) is 11.9. The van der Waals surface area contributed by atoms with Gasteiger partial charge in [-0.05, 0) is 57.0 Å². The minimum atomic E-state index is -3.90. The summed E-state index contributed by atoms with van der Waals surface area (Å²) in [6.07, 6.45) is 2.79. The molecule has 2 aromatic heterocycles. The number of carbonyl (C=O) groups is 2. The summed E-state index contributed by atoms with van der Waals surface area (Å²) in [7, 11) is -1.99. The SMILES string of the molecule is CN(CCO)C[C@@H]1CCCN1C(=O)CN1CCC[C@H](NS(=O)(=O)c2ccc(-c3ccc(Cl)s3)s2)C1=O. The fourth-order valence-corrected chi connectivity index (χ4v) is 8.41. The zero-order valence-corrected chi connectivity index (χ0v) is 23.3. The quantitative estimate of drug-likeness (QED) is 0.451. The molecule has 36 heavy (non-hydrogen) atoms. The molecule has 2 aliphatic rings. The smallest absolute Gasteiger partial charge is 0.250 e. The van der Waals surface area contributed by atoms with Crippen LogP contribution in [0.3, 0.4) is 0 Å². The lowest BCUT2D eigenvalue weighted by molar-refractivity contribution is -0.143. The summed E-state index contributed by atoms with van der Waals surface area (Å²) < 4.78 is 29.4. The van der Waals surface area contributed by atoms with Crippen molar-refractivity contribution in [3.63, 3.8) is 0 Å². The van der Waals surface area contributed by atoms with E-state index in [9.17, 15) is 18.0 Å². The summed E-state index contributed by atoms with van der Waals surface area (Å²) in [5.41, 5.74) is 0. The fraction of sp³-hybridized carbons (Fsp3) is 0.565. The average molecular weight is 575 g/mol. The lowest BCUT2D eigenvalue weighted by Gasteiger charge is -2.34. The molecule has 0 aromatic carbocycles. The van der Waals surface area contributed by atoms with Crippen LogP contribution in [-0.2, 0) is 19.6 Å². The van der Waals surface area contributed by atoms with E-state index in [1.54, 1.807) is 12.1 Å². The monoisotopic (exact) mass is 574 g/mol. The number of nitrogens with zero attached hydrogens (tertiary/aromatic N) is 3. The van der Waals surface area contributed by atoms with E-state index in [0.29, 0.717) is 43.4 Å². The van der Waals surface area contributed by atoms with Crippen molar-refractivity contribution in [1.82, 2.24) is 19.4 Å². The summed E-state index contributed by atoms with van der Waals surface area (Å²) in [5, 5.41) is 9.14. The number of halogens is 1. The van der Waals surface area contributed by atoms with Crippen LogP contribution < -0.4 is 4.72 Å². The number of rotatable bonds is 10. The number of likely N-dealkylation sites (N-methyl/N-ethyl adjacent to an activating group) is 1. The molecule has 2 aliphatic heterocycles. The van der Waals surface area contributed by atoms with Crippen molar-refractivity contribution < 1.29 is 23.1 Å². The Morgan fingerprint density at radius 1 is 1.17 bits per heavy atom. The van der Waals surface area contributed by atoms with Crippen LogP contribution >= 0.6 is 34.3 Å². The largest absolute Gasteiger partial charge is 0.395 e. The number of nitrogens with one attached hydrogen (secondary N) is 1. The molecule has 198 valence electrons. The van der Waals surface area contributed by atoms with Crippen LogP contribution in [0, 0.1) is 0 Å². The summed E-state index contributed by atoms with van der Waals surface area (Å²) in [4.78, 5) is 33.2. The van der Waals surface area contributed by atoms with Gasteiger partial charge in [-0.1, -0.05) is 11.6 Å². The number of sulfonamides is 1. The van der Waals surface area contributed by atoms with Crippen LogP contribution in [0.25, 0.3) is 9.75 Å². The van der Waals surface area contributed by atoms with Crippen LogP contribution in [0.4, 0.5) is 0 Å². The highest BCUT2D eigenvalue weighted by Gasteiger charge is 2.36. The number of likely N-dealkylation sites (tertiary alicyclic amines) is 2. The van der Waals surface area contributed by atoms with Gasteiger partial charge in [0.25, 0.3) is 10.0 Å². The molecule has 2 aromatic rings. The molecule has 0 saturated carbocycles. The molecule has 2 saturated heterocycles. The molecule has 9 nitrogen and oxygen atoms in total. The number of hydrogen-bond acceptors (Lipinski definition) is 8. The highest BCUT2D eigenvalue weighted by molar-refractivity contribution is 7.91. The Balaban J connectivity index is 1.37. The zero-order valence-electron chi connectivity index (χ0n) is 20.1. The van der Waals surface area contributed by atoms with Crippen LogP contribution in [0.5, 0.6) is 0 Å².